The quantitative estimate of drug-likeness (QED) is 0.229. The van der Waals surface area contributed by atoms with Crippen LogP contribution in [0.5, 0.6) is 0 Å². The van der Waals surface area contributed by atoms with Gasteiger partial charge < -0.3 is 4.57 Å². The van der Waals surface area contributed by atoms with Crippen LogP contribution in [0.3, 0.4) is 0 Å². The van der Waals surface area contributed by atoms with Gasteiger partial charge >= 0.3 is 6.55 Å². The summed E-state index contributed by atoms with van der Waals surface area (Å²) in [6.45, 7) is 20.7. The molecule has 0 fully saturated rings. The van der Waals surface area contributed by atoms with Crippen LogP contribution < -0.4 is 11.1 Å². The lowest BCUT2D eigenvalue weighted by molar-refractivity contribution is 0.0666. The van der Waals surface area contributed by atoms with E-state index in [0.29, 0.717) is 21.8 Å². The first-order valence-corrected chi connectivity index (χ1v) is 15.4. The molecule has 39 heavy (non-hydrogen) atoms. The fraction of sp³-hybridized carbons (Fsp3) is 0.548. The highest BCUT2D eigenvalue weighted by molar-refractivity contribution is 7.20. The van der Waals surface area contributed by atoms with Crippen molar-refractivity contribution in [3.05, 3.63) is 65.1 Å². The number of thiophene rings is 2. The van der Waals surface area contributed by atoms with Gasteiger partial charge in [0.2, 0.25) is 0 Å². The molecule has 4 aromatic heterocycles. The molecular formula is C31H42F2N2O2S2. The molecular weight excluding hydrogens is 534 g/mol. The average molecular weight is 577 g/mol. The second-order valence-electron chi connectivity index (χ2n) is 11.5. The maximum absolute atomic E-state index is 13.1. The smallest absolute Gasteiger partial charge is 0.315 e. The van der Waals surface area contributed by atoms with Crippen molar-refractivity contribution in [1.82, 2.24) is 9.13 Å². The minimum atomic E-state index is -2.80. The van der Waals surface area contributed by atoms with E-state index in [1.165, 1.54) is 26.9 Å². The number of nitrogens with zero attached hydrogens (tertiary/aromatic N) is 2. The number of alkyl halides is 2. The summed E-state index contributed by atoms with van der Waals surface area (Å²) in [6, 6.07) is 0. The van der Waals surface area contributed by atoms with Gasteiger partial charge in [-0.25, -0.2) is 0 Å². The van der Waals surface area contributed by atoms with Crippen molar-refractivity contribution >= 4 is 42.8 Å². The molecule has 0 saturated heterocycles. The molecule has 0 radical (unpaired) electrons. The van der Waals surface area contributed by atoms with Crippen LogP contribution in [0, 0.1) is 13.8 Å². The summed E-state index contributed by atoms with van der Waals surface area (Å²) >= 11 is 3.37. The zero-order valence-electron chi connectivity index (χ0n) is 25.0. The van der Waals surface area contributed by atoms with Crippen LogP contribution >= 0.6 is 22.7 Å². The molecule has 0 bridgehead atoms. The highest BCUT2D eigenvalue weighted by Crippen LogP contribution is 2.39. The molecule has 8 heteroatoms. The maximum Gasteiger partial charge on any atom is 0.321 e. The molecule has 4 aromatic rings. The van der Waals surface area contributed by atoms with Crippen LogP contribution in [0.1, 0.15) is 125 Å². The summed E-state index contributed by atoms with van der Waals surface area (Å²) in [5, 5.41) is 1.41. The highest BCUT2D eigenvalue weighted by atomic mass is 32.1. The van der Waals surface area contributed by atoms with Gasteiger partial charge in [0.15, 0.2) is 0 Å². The molecule has 0 aromatic carbocycles. The van der Waals surface area contributed by atoms with Gasteiger partial charge in [-0.1, -0.05) is 55.4 Å². The first kappa shape index (κ1) is 31.2. The van der Waals surface area contributed by atoms with Gasteiger partial charge in [0, 0.05) is 38.1 Å². The Bertz CT molecular complexity index is 1600. The zero-order valence-corrected chi connectivity index (χ0v) is 26.7. The molecule has 214 valence electrons. The third kappa shape index (κ3) is 5.78. The van der Waals surface area contributed by atoms with Crippen LogP contribution in [-0.2, 0) is 6.54 Å². The second kappa shape index (κ2) is 12.0. The van der Waals surface area contributed by atoms with Crippen LogP contribution in [-0.4, -0.2) is 9.13 Å². The van der Waals surface area contributed by atoms with Crippen molar-refractivity contribution in [2.45, 2.75) is 113 Å². The topological polar surface area (TPSA) is 44.0 Å². The second-order valence-corrected chi connectivity index (χ2v) is 13.6. The zero-order chi connectivity index (χ0) is 29.5. The minimum Gasteiger partial charge on any atom is -0.315 e. The summed E-state index contributed by atoms with van der Waals surface area (Å²) < 4.78 is 30.6. The summed E-state index contributed by atoms with van der Waals surface area (Å²) in [5.41, 5.74) is 3.74. The molecule has 4 rings (SSSR count). The van der Waals surface area contributed by atoms with Crippen molar-refractivity contribution in [1.29, 1.82) is 0 Å². The molecule has 0 saturated carbocycles. The molecule has 0 aliphatic carbocycles. The lowest BCUT2D eigenvalue weighted by Crippen LogP contribution is -2.21. The average Bonchev–Trinajstić information content (AvgIpc) is 3.37. The number of aryl methyl sites for hydroxylation is 3. The molecule has 0 spiro atoms. The Morgan fingerprint density at radius 1 is 0.692 bits per heavy atom. The minimum absolute atomic E-state index is 0.0983. The van der Waals surface area contributed by atoms with E-state index in [0.717, 1.165) is 32.6 Å². The van der Waals surface area contributed by atoms with E-state index >= 15 is 0 Å². The van der Waals surface area contributed by atoms with Gasteiger partial charge in [0.1, 0.15) is 0 Å². The predicted octanol–water partition coefficient (Wildman–Crippen LogP) is 9.65. The van der Waals surface area contributed by atoms with Crippen molar-refractivity contribution in [2.75, 3.05) is 0 Å². The first-order valence-electron chi connectivity index (χ1n) is 13.8. The monoisotopic (exact) mass is 576 g/mol. The molecule has 0 atom stereocenters. The molecule has 0 unspecified atom stereocenters. The summed E-state index contributed by atoms with van der Waals surface area (Å²) in [4.78, 5) is 27.3. The van der Waals surface area contributed by atoms with Gasteiger partial charge in [-0.15, -0.1) is 22.7 Å². The van der Waals surface area contributed by atoms with E-state index in [9.17, 15) is 18.4 Å². The number of aromatic nitrogens is 2. The van der Waals surface area contributed by atoms with E-state index in [1.807, 2.05) is 32.3 Å². The molecule has 0 aliphatic heterocycles. The first-order chi connectivity index (χ1) is 18.1. The van der Waals surface area contributed by atoms with Crippen molar-refractivity contribution < 1.29 is 8.78 Å². The van der Waals surface area contributed by atoms with Gasteiger partial charge in [-0.2, -0.15) is 8.78 Å². The van der Waals surface area contributed by atoms with Crippen molar-refractivity contribution in [2.24, 2.45) is 0 Å². The summed E-state index contributed by atoms with van der Waals surface area (Å²) in [5.74, 6) is 1.30. The van der Waals surface area contributed by atoms with Crippen molar-refractivity contribution in [3.63, 3.8) is 0 Å². The van der Waals surface area contributed by atoms with E-state index in [2.05, 4.69) is 54.7 Å². The Morgan fingerprint density at radius 3 is 1.46 bits per heavy atom. The lowest BCUT2D eigenvalue weighted by atomic mass is 10.0. The molecule has 0 N–H and O–H groups in total. The fourth-order valence-corrected chi connectivity index (χ4v) is 8.03. The van der Waals surface area contributed by atoms with Crippen LogP contribution in [0.25, 0.3) is 20.2 Å². The van der Waals surface area contributed by atoms with Crippen molar-refractivity contribution in [3.8, 4) is 0 Å². The summed E-state index contributed by atoms with van der Waals surface area (Å²) in [7, 11) is 0. The van der Waals surface area contributed by atoms with Gasteiger partial charge in [-0.05, 0) is 66.7 Å². The van der Waals surface area contributed by atoms with Crippen LogP contribution in [0.2, 0.25) is 0 Å². The largest absolute Gasteiger partial charge is 0.321 e. The SMILES string of the molecule is CCn1cc(C(C)C)c2sc(C(C)C)c(C)c2c1=O.Cc1c(C(C)C)sc2c(C(C)C)cn(C(F)F)c(=O)c12. The number of rotatable bonds is 6. The third-order valence-corrected chi connectivity index (χ3v) is 10.5. The fourth-order valence-electron chi connectivity index (χ4n) is 5.11. The Balaban J connectivity index is 0.000000216. The molecule has 4 nitrogen and oxygen atoms in total. The highest BCUT2D eigenvalue weighted by Gasteiger charge is 2.22. The Morgan fingerprint density at radius 2 is 1.10 bits per heavy atom. The van der Waals surface area contributed by atoms with Gasteiger partial charge in [-0.3, -0.25) is 14.2 Å². The summed E-state index contributed by atoms with van der Waals surface area (Å²) in [6.07, 6.45) is 3.37. The lowest BCUT2D eigenvalue weighted by Gasteiger charge is -2.11. The van der Waals surface area contributed by atoms with E-state index in [1.54, 1.807) is 22.7 Å². The maximum atomic E-state index is 13.1. The van der Waals surface area contributed by atoms with E-state index in [4.69, 9.17) is 0 Å². The van der Waals surface area contributed by atoms with Gasteiger partial charge in [0.05, 0.1) is 10.8 Å². The molecule has 0 aliphatic rings. The number of hydrogen-bond donors (Lipinski definition) is 0. The Kier molecular flexibility index (Phi) is 9.64. The standard InChI is InChI=1S/C16H23NOS.C15H19F2NOS/c1-7-17-8-12(9(2)3)15-13(16(17)18)11(6)14(19-15)10(4)5;1-7(2)10-6-18(15(16)17)14(19)11-9(5)12(8(3)4)20-13(10)11/h8-10H,7H2,1-6H3;6-8,15H,1-5H3. The Hall–Kier alpha value is -2.32. The number of fused-ring (bicyclic) bond motifs is 2. The predicted molar refractivity (Wildman–Crippen MR) is 165 cm³/mol. The van der Waals surface area contributed by atoms with Crippen LogP contribution in [0.15, 0.2) is 22.0 Å². The van der Waals surface area contributed by atoms with Gasteiger partial charge in [0.25, 0.3) is 11.1 Å². The number of pyridine rings is 2. The Labute approximate surface area is 238 Å². The third-order valence-electron chi connectivity index (χ3n) is 7.23. The normalized spacial score (nSPS) is 12.2. The van der Waals surface area contributed by atoms with E-state index in [-0.39, 0.29) is 17.4 Å². The number of hydrogen-bond acceptors (Lipinski definition) is 4. The number of halogens is 2. The van der Waals surface area contributed by atoms with E-state index < -0.39 is 12.1 Å². The molecule has 0 amide bonds. The van der Waals surface area contributed by atoms with Crippen LogP contribution in [0.4, 0.5) is 8.78 Å². The molecule has 4 heterocycles.